The standard InChI is InChI=1S/C20H20ClN3O2/c1-13-7-9-17(26-3)15(12-13)14(2)22-19(25)10-8-16-20(21)23-18-6-4-5-11-24(16)18/h4-12,14H,1-3H3,(H,22,25)/b10-8+/t14-/m0/s1. The Hall–Kier alpha value is -2.79. The number of nitrogens with one attached hydrogen (secondary N) is 1. The maximum absolute atomic E-state index is 12.3. The first-order valence-electron chi connectivity index (χ1n) is 8.25. The lowest BCUT2D eigenvalue weighted by Gasteiger charge is -2.17. The fourth-order valence-electron chi connectivity index (χ4n) is 2.82. The fraction of sp³-hybridized carbons (Fsp3) is 0.200. The van der Waals surface area contributed by atoms with Crippen LogP contribution in [0.25, 0.3) is 11.7 Å². The Bertz CT molecular complexity index is 978. The predicted molar refractivity (Wildman–Crippen MR) is 104 cm³/mol. The SMILES string of the molecule is COc1ccc(C)cc1[C@H](C)NC(=O)/C=C/c1c(Cl)nc2ccccn12. The molecule has 1 amide bonds. The zero-order valence-corrected chi connectivity index (χ0v) is 15.6. The van der Waals surface area contributed by atoms with E-state index in [4.69, 9.17) is 16.3 Å². The summed E-state index contributed by atoms with van der Waals surface area (Å²) in [6, 6.07) is 11.3. The first kappa shape index (κ1) is 18.0. The van der Waals surface area contributed by atoms with Crippen molar-refractivity contribution in [1.82, 2.24) is 14.7 Å². The van der Waals surface area contributed by atoms with Crippen molar-refractivity contribution in [2.75, 3.05) is 7.11 Å². The first-order chi connectivity index (χ1) is 12.5. The second-order valence-corrected chi connectivity index (χ2v) is 6.38. The highest BCUT2D eigenvalue weighted by molar-refractivity contribution is 6.31. The Morgan fingerprint density at radius 1 is 1.35 bits per heavy atom. The highest BCUT2D eigenvalue weighted by Gasteiger charge is 2.13. The number of nitrogens with zero attached hydrogens (tertiary/aromatic N) is 2. The van der Waals surface area contributed by atoms with Crippen molar-refractivity contribution >= 4 is 29.2 Å². The molecular weight excluding hydrogens is 350 g/mol. The van der Waals surface area contributed by atoms with E-state index in [0.717, 1.165) is 22.5 Å². The summed E-state index contributed by atoms with van der Waals surface area (Å²) in [7, 11) is 1.62. The van der Waals surface area contributed by atoms with Gasteiger partial charge in [0.05, 0.1) is 18.8 Å². The van der Waals surface area contributed by atoms with Crippen molar-refractivity contribution in [2.24, 2.45) is 0 Å². The highest BCUT2D eigenvalue weighted by Crippen LogP contribution is 2.26. The van der Waals surface area contributed by atoms with E-state index in [9.17, 15) is 4.79 Å². The van der Waals surface area contributed by atoms with E-state index in [-0.39, 0.29) is 11.9 Å². The summed E-state index contributed by atoms with van der Waals surface area (Å²) >= 11 is 6.18. The lowest BCUT2D eigenvalue weighted by molar-refractivity contribution is -0.117. The van der Waals surface area contributed by atoms with Gasteiger partial charge in [-0.1, -0.05) is 35.4 Å². The molecule has 2 heterocycles. The monoisotopic (exact) mass is 369 g/mol. The van der Waals surface area contributed by atoms with Crippen LogP contribution in [0.3, 0.4) is 0 Å². The zero-order chi connectivity index (χ0) is 18.7. The number of amides is 1. The largest absolute Gasteiger partial charge is 0.496 e. The molecule has 0 aliphatic carbocycles. The van der Waals surface area contributed by atoms with Gasteiger partial charge in [-0.25, -0.2) is 4.98 Å². The number of halogens is 1. The topological polar surface area (TPSA) is 55.6 Å². The normalized spacial score (nSPS) is 12.5. The van der Waals surface area contributed by atoms with Gasteiger partial charge in [0.2, 0.25) is 5.91 Å². The number of fused-ring (bicyclic) bond motifs is 1. The second-order valence-electron chi connectivity index (χ2n) is 6.03. The van der Waals surface area contributed by atoms with Gasteiger partial charge in [0, 0.05) is 17.8 Å². The minimum absolute atomic E-state index is 0.195. The summed E-state index contributed by atoms with van der Waals surface area (Å²) in [6.07, 6.45) is 4.98. The maximum atomic E-state index is 12.3. The molecule has 0 spiro atoms. The van der Waals surface area contributed by atoms with Crippen LogP contribution in [-0.4, -0.2) is 22.4 Å². The molecule has 1 atom stereocenters. The number of hydrogen-bond donors (Lipinski definition) is 1. The first-order valence-corrected chi connectivity index (χ1v) is 8.63. The van der Waals surface area contributed by atoms with E-state index in [1.807, 2.05) is 60.8 Å². The minimum atomic E-state index is -0.219. The van der Waals surface area contributed by atoms with Gasteiger partial charge in [-0.3, -0.25) is 9.20 Å². The molecule has 134 valence electrons. The molecule has 0 unspecified atom stereocenters. The molecule has 0 fully saturated rings. The third kappa shape index (κ3) is 3.73. The maximum Gasteiger partial charge on any atom is 0.244 e. The Labute approximate surface area is 157 Å². The lowest BCUT2D eigenvalue weighted by atomic mass is 10.0. The van der Waals surface area contributed by atoms with E-state index >= 15 is 0 Å². The quantitative estimate of drug-likeness (QED) is 0.686. The van der Waals surface area contributed by atoms with E-state index in [1.54, 1.807) is 13.2 Å². The summed E-state index contributed by atoms with van der Waals surface area (Å²) < 4.78 is 7.22. The van der Waals surface area contributed by atoms with Crippen LogP contribution in [0.15, 0.2) is 48.7 Å². The van der Waals surface area contributed by atoms with Crippen LogP contribution in [-0.2, 0) is 4.79 Å². The third-order valence-corrected chi connectivity index (χ3v) is 4.40. The third-order valence-electron chi connectivity index (χ3n) is 4.13. The molecule has 3 aromatic rings. The molecule has 0 radical (unpaired) electrons. The molecule has 0 aliphatic rings. The van der Waals surface area contributed by atoms with Gasteiger partial charge in [-0.2, -0.15) is 0 Å². The molecule has 1 N–H and O–H groups in total. The van der Waals surface area contributed by atoms with E-state index in [0.29, 0.717) is 10.8 Å². The summed E-state index contributed by atoms with van der Waals surface area (Å²) in [4.78, 5) is 16.6. The van der Waals surface area contributed by atoms with Crippen molar-refractivity contribution in [3.05, 3.63) is 70.6 Å². The Morgan fingerprint density at radius 3 is 2.92 bits per heavy atom. The molecule has 0 aliphatic heterocycles. The number of aryl methyl sites for hydroxylation is 1. The van der Waals surface area contributed by atoms with Crippen LogP contribution in [0, 0.1) is 6.92 Å². The Balaban J connectivity index is 1.77. The summed E-state index contributed by atoms with van der Waals surface area (Å²) in [5.74, 6) is 0.528. The number of rotatable bonds is 5. The number of benzene rings is 1. The molecule has 0 saturated carbocycles. The Kier molecular flexibility index (Phi) is 5.28. The van der Waals surface area contributed by atoms with Gasteiger partial charge in [0.15, 0.2) is 5.15 Å². The number of carbonyl (C=O) groups excluding carboxylic acids is 1. The lowest BCUT2D eigenvalue weighted by Crippen LogP contribution is -2.25. The molecule has 0 saturated heterocycles. The molecule has 26 heavy (non-hydrogen) atoms. The molecule has 5 nitrogen and oxygen atoms in total. The molecule has 1 aromatic carbocycles. The van der Waals surface area contributed by atoms with Gasteiger partial charge in [-0.05, 0) is 38.1 Å². The van der Waals surface area contributed by atoms with Crippen LogP contribution in [0.1, 0.15) is 29.8 Å². The molecule has 3 rings (SSSR count). The molecule has 0 bridgehead atoms. The smallest absolute Gasteiger partial charge is 0.244 e. The minimum Gasteiger partial charge on any atom is -0.496 e. The van der Waals surface area contributed by atoms with Crippen LogP contribution in [0.4, 0.5) is 0 Å². The molecular formula is C20H20ClN3O2. The Morgan fingerprint density at radius 2 is 2.15 bits per heavy atom. The summed E-state index contributed by atoms with van der Waals surface area (Å²) in [5.41, 5.74) is 3.44. The van der Waals surface area contributed by atoms with Crippen molar-refractivity contribution in [1.29, 1.82) is 0 Å². The van der Waals surface area contributed by atoms with E-state index < -0.39 is 0 Å². The van der Waals surface area contributed by atoms with Crippen molar-refractivity contribution < 1.29 is 9.53 Å². The zero-order valence-electron chi connectivity index (χ0n) is 14.9. The van der Waals surface area contributed by atoms with Gasteiger partial charge in [0.25, 0.3) is 0 Å². The molecule has 2 aromatic heterocycles. The van der Waals surface area contributed by atoms with Crippen LogP contribution in [0.5, 0.6) is 5.75 Å². The average Bonchev–Trinajstić information content (AvgIpc) is 2.95. The summed E-state index contributed by atoms with van der Waals surface area (Å²) in [6.45, 7) is 3.92. The predicted octanol–water partition coefficient (Wildman–Crippen LogP) is 4.20. The number of imidazole rings is 1. The number of ether oxygens (including phenoxy) is 1. The number of carbonyl (C=O) groups is 1. The van der Waals surface area contributed by atoms with Gasteiger partial charge in [0.1, 0.15) is 11.4 Å². The van der Waals surface area contributed by atoms with E-state index in [2.05, 4.69) is 10.3 Å². The van der Waals surface area contributed by atoms with Crippen molar-refractivity contribution in [3.8, 4) is 5.75 Å². The molecule has 6 heteroatoms. The van der Waals surface area contributed by atoms with Crippen LogP contribution >= 0.6 is 11.6 Å². The van der Waals surface area contributed by atoms with Crippen LogP contribution in [0.2, 0.25) is 5.15 Å². The average molecular weight is 370 g/mol. The van der Waals surface area contributed by atoms with Gasteiger partial charge in [-0.15, -0.1) is 0 Å². The highest BCUT2D eigenvalue weighted by atomic mass is 35.5. The summed E-state index contributed by atoms with van der Waals surface area (Å²) in [5, 5.41) is 3.30. The van der Waals surface area contributed by atoms with Gasteiger partial charge >= 0.3 is 0 Å². The fourth-order valence-corrected chi connectivity index (χ4v) is 3.06. The second kappa shape index (κ2) is 7.62. The van der Waals surface area contributed by atoms with Crippen molar-refractivity contribution in [2.45, 2.75) is 19.9 Å². The van der Waals surface area contributed by atoms with Gasteiger partial charge < -0.3 is 10.1 Å². The van der Waals surface area contributed by atoms with Crippen LogP contribution < -0.4 is 10.1 Å². The number of pyridine rings is 1. The number of methoxy groups -OCH3 is 1. The van der Waals surface area contributed by atoms with Crippen molar-refractivity contribution in [3.63, 3.8) is 0 Å². The van der Waals surface area contributed by atoms with E-state index in [1.165, 1.54) is 6.08 Å². The number of hydrogen-bond acceptors (Lipinski definition) is 3. The number of aromatic nitrogens is 2.